The lowest BCUT2D eigenvalue weighted by Gasteiger charge is -2.32. The molecule has 2 heterocycles. The highest BCUT2D eigenvalue weighted by Crippen LogP contribution is 2.25. The van der Waals surface area contributed by atoms with E-state index in [1.807, 2.05) is 12.1 Å². The summed E-state index contributed by atoms with van der Waals surface area (Å²) in [6.07, 6.45) is 2.93. The zero-order valence-electron chi connectivity index (χ0n) is 15.1. The van der Waals surface area contributed by atoms with Gasteiger partial charge in [-0.05, 0) is 37.8 Å². The summed E-state index contributed by atoms with van der Waals surface area (Å²) >= 11 is 0. The molecule has 2 aliphatic heterocycles. The summed E-state index contributed by atoms with van der Waals surface area (Å²) in [6, 6.07) is 7.36. The molecule has 0 saturated carbocycles. The van der Waals surface area contributed by atoms with E-state index in [0.29, 0.717) is 31.2 Å². The highest BCUT2D eigenvalue weighted by molar-refractivity contribution is 5.81. The summed E-state index contributed by atoms with van der Waals surface area (Å²) in [4.78, 5) is 26.2. The number of hydrogen-bond donors (Lipinski definition) is 1. The van der Waals surface area contributed by atoms with Crippen LogP contribution >= 0.6 is 0 Å². The fourth-order valence-electron chi connectivity index (χ4n) is 3.32. The van der Waals surface area contributed by atoms with Gasteiger partial charge in [0.2, 0.25) is 5.91 Å². The van der Waals surface area contributed by atoms with Gasteiger partial charge in [0, 0.05) is 25.7 Å². The van der Waals surface area contributed by atoms with Gasteiger partial charge in [0.05, 0.1) is 7.11 Å². The largest absolute Gasteiger partial charge is 0.493 e. The number of carbonyl (C=O) groups is 2. The molecule has 1 aromatic rings. The summed E-state index contributed by atoms with van der Waals surface area (Å²) < 4.78 is 16.2. The van der Waals surface area contributed by atoms with Gasteiger partial charge in [0.25, 0.3) is 5.91 Å². The third kappa shape index (κ3) is 4.66. The Morgan fingerprint density at radius 1 is 1.19 bits per heavy atom. The molecule has 0 radical (unpaired) electrons. The third-order valence-electron chi connectivity index (χ3n) is 4.84. The van der Waals surface area contributed by atoms with Gasteiger partial charge in [0.1, 0.15) is 6.10 Å². The smallest absolute Gasteiger partial charge is 0.260 e. The van der Waals surface area contributed by atoms with Crippen LogP contribution in [-0.4, -0.2) is 62.3 Å². The molecule has 7 nitrogen and oxygen atoms in total. The van der Waals surface area contributed by atoms with E-state index >= 15 is 0 Å². The second kappa shape index (κ2) is 8.89. The highest BCUT2D eigenvalue weighted by Gasteiger charge is 2.28. The van der Waals surface area contributed by atoms with Gasteiger partial charge in [-0.15, -0.1) is 0 Å². The molecule has 7 heteroatoms. The van der Waals surface area contributed by atoms with Crippen LogP contribution in [-0.2, 0) is 14.3 Å². The first-order valence-electron chi connectivity index (χ1n) is 9.13. The van der Waals surface area contributed by atoms with E-state index in [-0.39, 0.29) is 30.6 Å². The Hall–Kier alpha value is -2.28. The second-order valence-electron chi connectivity index (χ2n) is 6.60. The molecule has 1 N–H and O–H groups in total. The van der Waals surface area contributed by atoms with Gasteiger partial charge >= 0.3 is 0 Å². The monoisotopic (exact) mass is 362 g/mol. The van der Waals surface area contributed by atoms with E-state index in [9.17, 15) is 9.59 Å². The number of methoxy groups -OCH3 is 1. The lowest BCUT2D eigenvalue weighted by molar-refractivity contribution is -0.135. The van der Waals surface area contributed by atoms with Crippen molar-refractivity contribution in [3.8, 4) is 11.5 Å². The van der Waals surface area contributed by atoms with Crippen molar-refractivity contribution in [2.75, 3.05) is 33.4 Å². The number of nitrogens with zero attached hydrogens (tertiary/aromatic N) is 1. The van der Waals surface area contributed by atoms with E-state index in [1.54, 1.807) is 24.1 Å². The molecule has 2 fully saturated rings. The van der Waals surface area contributed by atoms with Gasteiger partial charge in [-0.3, -0.25) is 9.59 Å². The van der Waals surface area contributed by atoms with Crippen LogP contribution in [0.2, 0.25) is 0 Å². The molecule has 0 bridgehead atoms. The molecule has 0 spiro atoms. The van der Waals surface area contributed by atoms with Crippen molar-refractivity contribution < 1.29 is 23.8 Å². The minimum absolute atomic E-state index is 0.0205. The lowest BCUT2D eigenvalue weighted by atomic mass is 10.0. The van der Waals surface area contributed by atoms with Crippen LogP contribution in [0.3, 0.4) is 0 Å². The Bertz CT molecular complexity index is 622. The van der Waals surface area contributed by atoms with Gasteiger partial charge in [-0.2, -0.15) is 0 Å². The molecule has 2 saturated heterocycles. The van der Waals surface area contributed by atoms with Gasteiger partial charge in [-0.1, -0.05) is 12.1 Å². The topological polar surface area (TPSA) is 77.1 Å². The predicted molar refractivity (Wildman–Crippen MR) is 95.2 cm³/mol. The Labute approximate surface area is 153 Å². The van der Waals surface area contributed by atoms with Crippen LogP contribution in [0.25, 0.3) is 0 Å². The number of piperidine rings is 1. The first kappa shape index (κ1) is 18.5. The third-order valence-corrected chi connectivity index (χ3v) is 4.84. The van der Waals surface area contributed by atoms with Crippen LogP contribution in [0.4, 0.5) is 0 Å². The fourth-order valence-corrected chi connectivity index (χ4v) is 3.32. The van der Waals surface area contributed by atoms with Crippen molar-refractivity contribution in [3.63, 3.8) is 0 Å². The molecule has 142 valence electrons. The molecule has 0 aliphatic carbocycles. The molecule has 2 aliphatic rings. The van der Waals surface area contributed by atoms with E-state index in [1.165, 1.54) is 0 Å². The van der Waals surface area contributed by atoms with Crippen molar-refractivity contribution in [2.24, 2.45) is 0 Å². The number of ether oxygens (including phenoxy) is 3. The summed E-state index contributed by atoms with van der Waals surface area (Å²) in [7, 11) is 1.57. The van der Waals surface area contributed by atoms with Crippen molar-refractivity contribution in [1.29, 1.82) is 0 Å². The Morgan fingerprint density at radius 2 is 1.92 bits per heavy atom. The SMILES string of the molecule is COc1ccccc1OCC(=O)N1CCC(NC(=O)C2CCCO2)CC1. The average molecular weight is 362 g/mol. The highest BCUT2D eigenvalue weighted by atomic mass is 16.5. The molecular weight excluding hydrogens is 336 g/mol. The maximum absolute atomic E-state index is 12.4. The zero-order valence-corrected chi connectivity index (χ0v) is 15.1. The van der Waals surface area contributed by atoms with Crippen LogP contribution in [0, 0.1) is 0 Å². The first-order valence-corrected chi connectivity index (χ1v) is 9.13. The number of carbonyl (C=O) groups excluding carboxylic acids is 2. The van der Waals surface area contributed by atoms with E-state index in [2.05, 4.69) is 5.32 Å². The molecule has 0 aromatic heterocycles. The predicted octanol–water partition coefficient (Wildman–Crippen LogP) is 1.36. The maximum Gasteiger partial charge on any atom is 0.260 e. The summed E-state index contributed by atoms with van der Waals surface area (Å²) in [5.74, 6) is 1.09. The summed E-state index contributed by atoms with van der Waals surface area (Å²) in [5.41, 5.74) is 0. The molecular formula is C19H26N2O5. The van der Waals surface area contributed by atoms with Gasteiger partial charge in [0.15, 0.2) is 18.1 Å². The Morgan fingerprint density at radius 3 is 2.58 bits per heavy atom. The standard InChI is InChI=1S/C19H26N2O5/c1-24-15-5-2-3-6-16(15)26-13-18(22)21-10-8-14(9-11-21)20-19(23)17-7-4-12-25-17/h2-3,5-6,14,17H,4,7-13H2,1H3,(H,20,23). The molecule has 1 unspecified atom stereocenters. The molecule has 1 aromatic carbocycles. The normalized spacial score (nSPS) is 20.7. The van der Waals surface area contributed by atoms with Crippen LogP contribution in [0.5, 0.6) is 11.5 Å². The lowest BCUT2D eigenvalue weighted by Crippen LogP contribution is -2.49. The minimum Gasteiger partial charge on any atom is -0.493 e. The second-order valence-corrected chi connectivity index (χ2v) is 6.60. The van der Waals surface area contributed by atoms with Crippen LogP contribution in [0.15, 0.2) is 24.3 Å². The average Bonchev–Trinajstić information content (AvgIpc) is 3.22. The Balaban J connectivity index is 1.41. The number of likely N-dealkylation sites (tertiary alicyclic amines) is 1. The molecule has 1 atom stereocenters. The quantitative estimate of drug-likeness (QED) is 0.827. The number of rotatable bonds is 6. The molecule has 2 amide bonds. The number of nitrogens with one attached hydrogen (secondary N) is 1. The summed E-state index contributed by atoms with van der Waals surface area (Å²) in [6.45, 7) is 1.87. The molecule has 3 rings (SSSR count). The first-order chi connectivity index (χ1) is 12.7. The molecule has 26 heavy (non-hydrogen) atoms. The zero-order chi connectivity index (χ0) is 18.4. The van der Waals surface area contributed by atoms with Crippen molar-refractivity contribution >= 4 is 11.8 Å². The number of para-hydroxylation sites is 2. The van der Waals surface area contributed by atoms with Crippen molar-refractivity contribution in [2.45, 2.75) is 37.8 Å². The minimum atomic E-state index is -0.302. The Kier molecular flexibility index (Phi) is 6.33. The fraction of sp³-hybridized carbons (Fsp3) is 0.579. The van der Waals surface area contributed by atoms with Crippen LogP contribution < -0.4 is 14.8 Å². The maximum atomic E-state index is 12.4. The summed E-state index contributed by atoms with van der Waals surface area (Å²) in [5, 5.41) is 3.04. The van der Waals surface area contributed by atoms with E-state index < -0.39 is 0 Å². The van der Waals surface area contributed by atoms with Gasteiger partial charge in [-0.25, -0.2) is 0 Å². The van der Waals surface area contributed by atoms with Crippen molar-refractivity contribution in [3.05, 3.63) is 24.3 Å². The van der Waals surface area contributed by atoms with Crippen LogP contribution in [0.1, 0.15) is 25.7 Å². The van der Waals surface area contributed by atoms with Gasteiger partial charge < -0.3 is 24.4 Å². The number of benzene rings is 1. The van der Waals surface area contributed by atoms with E-state index in [4.69, 9.17) is 14.2 Å². The van der Waals surface area contributed by atoms with E-state index in [0.717, 1.165) is 25.7 Å². The number of amides is 2. The van der Waals surface area contributed by atoms with Crippen molar-refractivity contribution in [1.82, 2.24) is 10.2 Å². The number of hydrogen-bond acceptors (Lipinski definition) is 5.